The van der Waals surface area contributed by atoms with E-state index in [1.807, 2.05) is 9.58 Å². The highest BCUT2D eigenvalue weighted by molar-refractivity contribution is 8.00. The molecule has 0 bridgehead atoms. The fourth-order valence-electron chi connectivity index (χ4n) is 5.17. The Bertz CT molecular complexity index is 1280. The van der Waals surface area contributed by atoms with E-state index >= 15 is 0 Å². The normalized spacial score (nSPS) is 18.5. The molecular formula is C28H34N4O2S2. The van der Waals surface area contributed by atoms with Crippen molar-refractivity contribution in [1.82, 2.24) is 14.7 Å². The van der Waals surface area contributed by atoms with Gasteiger partial charge in [0.25, 0.3) is 0 Å². The van der Waals surface area contributed by atoms with Gasteiger partial charge in [0.2, 0.25) is 11.8 Å². The van der Waals surface area contributed by atoms with Gasteiger partial charge in [-0.2, -0.15) is 16.4 Å². The number of carbonyl (C=O) groups is 2. The van der Waals surface area contributed by atoms with E-state index in [0.717, 1.165) is 54.3 Å². The summed E-state index contributed by atoms with van der Waals surface area (Å²) in [4.78, 5) is 30.7. The number of amides is 2. The van der Waals surface area contributed by atoms with Crippen molar-refractivity contribution in [3.63, 3.8) is 0 Å². The van der Waals surface area contributed by atoms with Gasteiger partial charge in [0, 0.05) is 24.1 Å². The van der Waals surface area contributed by atoms with Crippen LogP contribution in [0, 0.1) is 13.8 Å². The average Bonchev–Trinajstić information content (AvgIpc) is 3.57. The predicted octanol–water partition coefficient (Wildman–Crippen LogP) is 5.64. The molecule has 8 heteroatoms. The summed E-state index contributed by atoms with van der Waals surface area (Å²) in [5.41, 5.74) is 6.14. The Morgan fingerprint density at radius 3 is 2.53 bits per heavy atom. The molecule has 1 atom stereocenters. The summed E-state index contributed by atoms with van der Waals surface area (Å²) in [7, 11) is 0. The van der Waals surface area contributed by atoms with E-state index in [1.54, 1.807) is 28.0 Å². The molecule has 1 saturated heterocycles. The van der Waals surface area contributed by atoms with Crippen molar-refractivity contribution in [1.29, 1.82) is 0 Å². The van der Waals surface area contributed by atoms with Crippen molar-refractivity contribution in [3.05, 3.63) is 63.0 Å². The van der Waals surface area contributed by atoms with Crippen LogP contribution in [-0.2, 0) is 15.0 Å². The lowest BCUT2D eigenvalue weighted by Gasteiger charge is -2.26. The number of benzene rings is 1. The second-order valence-electron chi connectivity index (χ2n) is 10.9. The SMILES string of the molecule is Cc1ccc(-n2nc(C(C)(C)C)c3c2N(CC(=O)N2CCCC2)C(=O)CS[C@@H]3c2ccsc2)c(C)c1. The largest absolute Gasteiger partial charge is 0.341 e. The standard InChI is InChI=1S/C28H34N4O2S2/c1-18-8-9-21(19(2)14-18)32-27-24(26(29-32)28(3,4)5)25(20-10-13-35-16-20)36-17-23(34)31(27)15-22(33)30-11-6-7-12-30/h8-10,13-14,16,25H,6-7,11-12,15,17H2,1-5H3/t25-/m1/s1. The molecule has 6 nitrogen and oxygen atoms in total. The second-order valence-corrected chi connectivity index (χ2v) is 12.7. The Labute approximate surface area is 221 Å². The van der Waals surface area contributed by atoms with Gasteiger partial charge >= 0.3 is 0 Å². The number of aryl methyl sites for hydroxylation is 2. The lowest BCUT2D eigenvalue weighted by atomic mass is 9.87. The third-order valence-corrected chi connectivity index (χ3v) is 8.93. The molecule has 36 heavy (non-hydrogen) atoms. The monoisotopic (exact) mass is 522 g/mol. The van der Waals surface area contributed by atoms with Crippen LogP contribution in [0.2, 0.25) is 0 Å². The Kier molecular flexibility index (Phi) is 6.76. The summed E-state index contributed by atoms with van der Waals surface area (Å²) in [5, 5.41) is 9.42. The summed E-state index contributed by atoms with van der Waals surface area (Å²) in [5.74, 6) is 1.03. The highest BCUT2D eigenvalue weighted by atomic mass is 32.2. The van der Waals surface area contributed by atoms with Crippen LogP contribution >= 0.6 is 23.1 Å². The van der Waals surface area contributed by atoms with Crippen LogP contribution in [0.1, 0.15) is 66.8 Å². The maximum Gasteiger partial charge on any atom is 0.242 e. The summed E-state index contributed by atoms with van der Waals surface area (Å²) in [6.45, 7) is 12.2. The molecule has 1 aromatic carbocycles. The first-order valence-electron chi connectivity index (χ1n) is 12.6. The van der Waals surface area contributed by atoms with Crippen molar-refractivity contribution >= 4 is 40.7 Å². The molecule has 0 N–H and O–H groups in total. The van der Waals surface area contributed by atoms with Crippen LogP contribution in [0.4, 0.5) is 5.82 Å². The molecule has 2 amide bonds. The van der Waals surface area contributed by atoms with Crippen LogP contribution < -0.4 is 4.90 Å². The first kappa shape index (κ1) is 25.1. The van der Waals surface area contributed by atoms with Gasteiger partial charge in [-0.15, -0.1) is 11.8 Å². The molecular weight excluding hydrogens is 488 g/mol. The van der Waals surface area contributed by atoms with Gasteiger partial charge in [0.15, 0.2) is 0 Å². The summed E-state index contributed by atoms with van der Waals surface area (Å²) >= 11 is 3.30. The minimum atomic E-state index is -0.249. The molecule has 0 saturated carbocycles. The van der Waals surface area contributed by atoms with Gasteiger partial charge in [-0.3, -0.25) is 14.5 Å². The van der Waals surface area contributed by atoms with E-state index in [4.69, 9.17) is 5.10 Å². The lowest BCUT2D eigenvalue weighted by molar-refractivity contribution is -0.130. The number of hydrogen-bond acceptors (Lipinski definition) is 5. The molecule has 4 heterocycles. The number of nitrogens with zero attached hydrogens (tertiary/aromatic N) is 4. The van der Waals surface area contributed by atoms with Crippen molar-refractivity contribution < 1.29 is 9.59 Å². The molecule has 0 spiro atoms. The minimum Gasteiger partial charge on any atom is -0.341 e. The van der Waals surface area contributed by atoms with E-state index < -0.39 is 0 Å². The first-order chi connectivity index (χ1) is 17.1. The molecule has 5 rings (SSSR count). The van der Waals surface area contributed by atoms with Gasteiger partial charge in [0.1, 0.15) is 12.4 Å². The highest BCUT2D eigenvalue weighted by Gasteiger charge is 2.40. The zero-order valence-electron chi connectivity index (χ0n) is 21.7. The van der Waals surface area contributed by atoms with Crippen molar-refractivity contribution in [2.45, 2.75) is 58.1 Å². The van der Waals surface area contributed by atoms with Gasteiger partial charge in [-0.1, -0.05) is 38.5 Å². The molecule has 2 aromatic heterocycles. The van der Waals surface area contributed by atoms with Gasteiger partial charge in [-0.25, -0.2) is 4.68 Å². The number of thioether (sulfide) groups is 1. The molecule has 2 aliphatic heterocycles. The van der Waals surface area contributed by atoms with Gasteiger partial charge in [-0.05, 0) is 60.7 Å². The Morgan fingerprint density at radius 2 is 1.89 bits per heavy atom. The smallest absolute Gasteiger partial charge is 0.242 e. The lowest BCUT2D eigenvalue weighted by Crippen LogP contribution is -2.43. The topological polar surface area (TPSA) is 58.4 Å². The molecule has 0 radical (unpaired) electrons. The molecule has 2 aliphatic rings. The van der Waals surface area contributed by atoms with Crippen LogP contribution in [0.15, 0.2) is 35.0 Å². The average molecular weight is 523 g/mol. The summed E-state index contributed by atoms with van der Waals surface area (Å²) in [6.07, 6.45) is 2.05. The molecule has 0 aliphatic carbocycles. The zero-order valence-corrected chi connectivity index (χ0v) is 23.3. The Balaban J connectivity index is 1.76. The third-order valence-electron chi connectivity index (χ3n) is 6.98. The van der Waals surface area contributed by atoms with E-state index in [0.29, 0.717) is 5.75 Å². The van der Waals surface area contributed by atoms with Crippen LogP contribution in [-0.4, -0.2) is 51.9 Å². The fraction of sp³-hybridized carbons (Fsp3) is 0.464. The van der Waals surface area contributed by atoms with Crippen molar-refractivity contribution in [3.8, 4) is 5.69 Å². The van der Waals surface area contributed by atoms with Crippen molar-refractivity contribution in [2.75, 3.05) is 30.3 Å². The first-order valence-corrected chi connectivity index (χ1v) is 14.6. The predicted molar refractivity (Wildman–Crippen MR) is 149 cm³/mol. The van der Waals surface area contributed by atoms with E-state index in [-0.39, 0.29) is 29.0 Å². The number of likely N-dealkylation sites (tertiary alicyclic amines) is 1. The highest BCUT2D eigenvalue weighted by Crippen LogP contribution is 2.49. The van der Waals surface area contributed by atoms with Crippen LogP contribution in [0.3, 0.4) is 0 Å². The number of fused-ring (bicyclic) bond motifs is 1. The van der Waals surface area contributed by atoms with Crippen LogP contribution in [0.5, 0.6) is 0 Å². The van der Waals surface area contributed by atoms with Crippen LogP contribution in [0.25, 0.3) is 5.69 Å². The number of thiophene rings is 1. The Morgan fingerprint density at radius 1 is 1.14 bits per heavy atom. The summed E-state index contributed by atoms with van der Waals surface area (Å²) in [6, 6.07) is 8.44. The zero-order chi connectivity index (χ0) is 25.6. The second kappa shape index (κ2) is 9.71. The van der Waals surface area contributed by atoms with E-state index in [9.17, 15) is 9.59 Å². The maximum absolute atomic E-state index is 13.7. The number of rotatable bonds is 4. The van der Waals surface area contributed by atoms with Gasteiger partial charge < -0.3 is 4.90 Å². The number of anilines is 1. The minimum absolute atomic E-state index is 0.0106. The molecule has 1 fully saturated rings. The molecule has 190 valence electrons. The molecule has 3 aromatic rings. The number of aromatic nitrogens is 2. The third kappa shape index (κ3) is 4.61. The summed E-state index contributed by atoms with van der Waals surface area (Å²) < 4.78 is 1.94. The quantitative estimate of drug-likeness (QED) is 0.445. The van der Waals surface area contributed by atoms with E-state index in [2.05, 4.69) is 69.6 Å². The number of hydrogen-bond donors (Lipinski definition) is 0. The Hall–Kier alpha value is -2.58. The maximum atomic E-state index is 13.7. The number of carbonyl (C=O) groups excluding carboxylic acids is 2. The van der Waals surface area contributed by atoms with E-state index in [1.165, 1.54) is 11.1 Å². The van der Waals surface area contributed by atoms with Crippen molar-refractivity contribution in [2.24, 2.45) is 0 Å². The molecule has 0 unspecified atom stereocenters. The van der Waals surface area contributed by atoms with Gasteiger partial charge in [0.05, 0.1) is 22.4 Å². The fourth-order valence-corrected chi connectivity index (χ4v) is 7.13.